The number of H-pyrrole nitrogens is 1. The van der Waals surface area contributed by atoms with Crippen molar-refractivity contribution in [3.63, 3.8) is 0 Å². The predicted molar refractivity (Wildman–Crippen MR) is 119 cm³/mol. The molecule has 3 unspecified atom stereocenters. The number of unbranched alkanes of at least 4 members (excludes halogenated alkanes) is 1. The molecule has 4 heteroatoms. The molecule has 1 saturated heterocycles. The second-order valence-electron chi connectivity index (χ2n) is 10.7. The van der Waals surface area contributed by atoms with Crippen LogP contribution in [0.2, 0.25) is 0 Å². The summed E-state index contributed by atoms with van der Waals surface area (Å²) in [4.78, 5) is 18.5. The summed E-state index contributed by atoms with van der Waals surface area (Å²) in [5, 5.41) is 0.757. The number of likely N-dealkylation sites (tertiary alicyclic amines) is 1. The molecule has 2 fully saturated rings. The Balaban J connectivity index is 1.63. The summed E-state index contributed by atoms with van der Waals surface area (Å²) >= 11 is 0. The SMILES string of the molecule is CCCCOc1ccc2[nH]c(C)c(C[NH+]3CC4(C)CC3CC(C)(C)C4)c(=O)c2c1. The van der Waals surface area contributed by atoms with Crippen LogP contribution in [0.25, 0.3) is 10.9 Å². The zero-order chi connectivity index (χ0) is 20.8. The Morgan fingerprint density at radius 3 is 2.79 bits per heavy atom. The number of hydrogen-bond donors (Lipinski definition) is 2. The predicted octanol–water partition coefficient (Wildman–Crippen LogP) is 4.00. The van der Waals surface area contributed by atoms with E-state index < -0.39 is 0 Å². The average Bonchev–Trinajstić information content (AvgIpc) is 2.87. The quantitative estimate of drug-likeness (QED) is 0.724. The second-order valence-corrected chi connectivity index (χ2v) is 10.7. The normalized spacial score (nSPS) is 28.0. The van der Waals surface area contributed by atoms with Gasteiger partial charge in [0, 0.05) is 34.9 Å². The topological polar surface area (TPSA) is 46.5 Å². The smallest absolute Gasteiger partial charge is 0.198 e. The molecule has 1 aromatic carbocycles. The molecule has 158 valence electrons. The van der Waals surface area contributed by atoms with Crippen molar-refractivity contribution in [2.24, 2.45) is 10.8 Å². The van der Waals surface area contributed by atoms with Gasteiger partial charge in [0.2, 0.25) is 0 Å². The van der Waals surface area contributed by atoms with Crippen LogP contribution in [0.1, 0.15) is 71.1 Å². The Bertz CT molecular complexity index is 961. The number of aryl methyl sites for hydroxylation is 1. The first-order chi connectivity index (χ1) is 13.7. The largest absolute Gasteiger partial charge is 0.494 e. The summed E-state index contributed by atoms with van der Waals surface area (Å²) in [6.07, 6.45) is 5.99. The van der Waals surface area contributed by atoms with E-state index in [9.17, 15) is 4.79 Å². The van der Waals surface area contributed by atoms with Crippen molar-refractivity contribution in [3.05, 3.63) is 39.7 Å². The number of aromatic amines is 1. The Morgan fingerprint density at radius 1 is 1.24 bits per heavy atom. The number of fused-ring (bicyclic) bond motifs is 3. The minimum Gasteiger partial charge on any atom is -0.494 e. The summed E-state index contributed by atoms with van der Waals surface area (Å²) < 4.78 is 5.85. The van der Waals surface area contributed by atoms with Crippen LogP contribution in [0.3, 0.4) is 0 Å². The van der Waals surface area contributed by atoms with Crippen LogP contribution in [0.4, 0.5) is 0 Å². The number of quaternary nitrogens is 1. The van der Waals surface area contributed by atoms with Gasteiger partial charge in [-0.05, 0) is 43.4 Å². The van der Waals surface area contributed by atoms with E-state index in [1.807, 2.05) is 18.2 Å². The summed E-state index contributed by atoms with van der Waals surface area (Å²) in [6.45, 7) is 14.2. The maximum Gasteiger partial charge on any atom is 0.198 e. The molecule has 29 heavy (non-hydrogen) atoms. The highest BCUT2D eigenvalue weighted by molar-refractivity contribution is 5.81. The Morgan fingerprint density at radius 2 is 2.03 bits per heavy atom. The molecule has 4 nitrogen and oxygen atoms in total. The lowest BCUT2D eigenvalue weighted by molar-refractivity contribution is -0.928. The van der Waals surface area contributed by atoms with Crippen LogP contribution < -0.4 is 15.1 Å². The average molecular weight is 398 g/mol. The molecule has 2 heterocycles. The summed E-state index contributed by atoms with van der Waals surface area (Å²) in [7, 11) is 0. The number of nitrogens with one attached hydrogen (secondary N) is 2. The first-order valence-corrected chi connectivity index (χ1v) is 11.3. The van der Waals surface area contributed by atoms with Crippen LogP contribution in [0.15, 0.2) is 23.0 Å². The fraction of sp³-hybridized carbons (Fsp3) is 0.640. The molecule has 2 aliphatic rings. The second kappa shape index (κ2) is 7.46. The van der Waals surface area contributed by atoms with E-state index in [1.165, 1.54) is 25.8 Å². The highest BCUT2D eigenvalue weighted by Crippen LogP contribution is 2.47. The standard InChI is InChI=1S/C25H36N2O2/c1-6-7-10-29-19-8-9-22-20(11-19)23(28)21(17(2)26-22)14-27-16-25(5)13-18(27)12-24(3,4)15-25/h8-9,11,18H,6-7,10,12-16H2,1-5H3,(H,26,28)/p+1. The molecule has 4 rings (SSSR count). The molecule has 2 bridgehead atoms. The fourth-order valence-corrected chi connectivity index (χ4v) is 6.25. The molecule has 1 aliphatic heterocycles. The summed E-state index contributed by atoms with van der Waals surface area (Å²) in [5.74, 6) is 0.796. The number of rotatable bonds is 6. The van der Waals surface area contributed by atoms with Crippen LogP contribution in [-0.4, -0.2) is 24.2 Å². The minimum absolute atomic E-state index is 0.176. The van der Waals surface area contributed by atoms with Gasteiger partial charge in [0.05, 0.1) is 24.8 Å². The van der Waals surface area contributed by atoms with Gasteiger partial charge < -0.3 is 14.6 Å². The lowest BCUT2D eigenvalue weighted by Gasteiger charge is -2.37. The van der Waals surface area contributed by atoms with E-state index in [0.717, 1.165) is 47.3 Å². The van der Waals surface area contributed by atoms with Crippen LogP contribution >= 0.6 is 0 Å². The number of pyridine rings is 1. The van der Waals surface area contributed by atoms with Crippen molar-refractivity contribution in [2.45, 2.75) is 79.3 Å². The number of aromatic nitrogens is 1. The molecule has 0 radical (unpaired) electrons. The van der Waals surface area contributed by atoms with Gasteiger partial charge in [0.25, 0.3) is 0 Å². The molecule has 0 amide bonds. The van der Waals surface area contributed by atoms with Gasteiger partial charge in [-0.25, -0.2) is 0 Å². The van der Waals surface area contributed by atoms with Crippen molar-refractivity contribution in [1.82, 2.24) is 4.98 Å². The molecular formula is C25H37N2O2+. The van der Waals surface area contributed by atoms with E-state index in [0.29, 0.717) is 23.5 Å². The van der Waals surface area contributed by atoms with Crippen LogP contribution in [-0.2, 0) is 6.54 Å². The number of benzene rings is 1. The molecule has 1 aromatic heterocycles. The van der Waals surface area contributed by atoms with Crippen molar-refractivity contribution in [3.8, 4) is 5.75 Å². The Labute approximate surface area is 174 Å². The molecule has 1 aliphatic carbocycles. The third-order valence-electron chi connectivity index (χ3n) is 7.13. The maximum absolute atomic E-state index is 13.4. The Hall–Kier alpha value is -1.81. The van der Waals surface area contributed by atoms with E-state index in [2.05, 4.69) is 39.6 Å². The van der Waals surface area contributed by atoms with Gasteiger partial charge >= 0.3 is 0 Å². The highest BCUT2D eigenvalue weighted by atomic mass is 16.5. The number of ether oxygens (including phenoxy) is 1. The van der Waals surface area contributed by atoms with Crippen molar-refractivity contribution in [2.75, 3.05) is 13.2 Å². The van der Waals surface area contributed by atoms with Gasteiger partial charge in [-0.3, -0.25) is 4.79 Å². The number of hydrogen-bond acceptors (Lipinski definition) is 2. The third-order valence-corrected chi connectivity index (χ3v) is 7.13. The van der Waals surface area contributed by atoms with Crippen molar-refractivity contribution in [1.29, 1.82) is 0 Å². The van der Waals surface area contributed by atoms with E-state index >= 15 is 0 Å². The van der Waals surface area contributed by atoms with Crippen LogP contribution in [0.5, 0.6) is 5.75 Å². The molecule has 1 saturated carbocycles. The molecule has 2 aromatic rings. The first kappa shape index (κ1) is 20.5. The van der Waals surface area contributed by atoms with E-state index in [4.69, 9.17) is 4.74 Å². The zero-order valence-electron chi connectivity index (χ0n) is 18.8. The van der Waals surface area contributed by atoms with Gasteiger partial charge in [0.1, 0.15) is 12.3 Å². The molecular weight excluding hydrogens is 360 g/mol. The van der Waals surface area contributed by atoms with Crippen molar-refractivity contribution < 1.29 is 9.64 Å². The van der Waals surface area contributed by atoms with Gasteiger partial charge in [-0.2, -0.15) is 0 Å². The van der Waals surface area contributed by atoms with Gasteiger partial charge in [-0.15, -0.1) is 0 Å². The highest BCUT2D eigenvalue weighted by Gasteiger charge is 2.52. The van der Waals surface area contributed by atoms with Crippen LogP contribution in [0, 0.1) is 17.8 Å². The molecule has 2 N–H and O–H groups in total. The van der Waals surface area contributed by atoms with Crippen molar-refractivity contribution >= 4 is 10.9 Å². The summed E-state index contributed by atoms with van der Waals surface area (Å²) in [5.41, 5.74) is 3.87. The third kappa shape index (κ3) is 4.09. The minimum atomic E-state index is 0.176. The Kier molecular flexibility index (Phi) is 5.27. The first-order valence-electron chi connectivity index (χ1n) is 11.3. The van der Waals surface area contributed by atoms with Gasteiger partial charge in [0.15, 0.2) is 5.43 Å². The van der Waals surface area contributed by atoms with Gasteiger partial charge in [-0.1, -0.05) is 34.1 Å². The monoisotopic (exact) mass is 397 g/mol. The fourth-order valence-electron chi connectivity index (χ4n) is 6.25. The van der Waals surface area contributed by atoms with E-state index in [-0.39, 0.29) is 5.43 Å². The lowest BCUT2D eigenvalue weighted by Crippen LogP contribution is -3.12. The summed E-state index contributed by atoms with van der Waals surface area (Å²) in [6, 6.07) is 6.54. The lowest BCUT2D eigenvalue weighted by atomic mass is 9.65. The molecule has 0 spiro atoms. The zero-order valence-corrected chi connectivity index (χ0v) is 18.8. The maximum atomic E-state index is 13.4. The van der Waals surface area contributed by atoms with E-state index in [1.54, 1.807) is 4.90 Å². The molecule has 3 atom stereocenters.